The highest BCUT2D eigenvalue weighted by Gasteiger charge is 2.33. The smallest absolute Gasteiger partial charge is 0.305 e. The lowest BCUT2D eigenvalue weighted by Crippen LogP contribution is -2.34. The Balaban J connectivity index is 1.82. The molecule has 4 heterocycles. The largest absolute Gasteiger partial charge is 0.481 e. The zero-order valence-electron chi connectivity index (χ0n) is 17.0. The van der Waals surface area contributed by atoms with Crippen LogP contribution in [0.4, 0.5) is 5.82 Å². The summed E-state index contributed by atoms with van der Waals surface area (Å²) in [5.41, 5.74) is 1.59. The van der Waals surface area contributed by atoms with Gasteiger partial charge in [0.25, 0.3) is 11.5 Å². The number of amides is 1. The second-order valence-corrected chi connectivity index (χ2v) is 9.24. The van der Waals surface area contributed by atoms with Gasteiger partial charge >= 0.3 is 5.97 Å². The Morgan fingerprint density at radius 3 is 2.74 bits per heavy atom. The van der Waals surface area contributed by atoms with Gasteiger partial charge in [0, 0.05) is 25.8 Å². The molecule has 2 aliphatic heterocycles. The van der Waals surface area contributed by atoms with Gasteiger partial charge in [-0.1, -0.05) is 30.0 Å². The first-order chi connectivity index (χ1) is 14.9. The maximum atomic E-state index is 13.4. The third-order valence-corrected chi connectivity index (χ3v) is 6.80. The molecule has 2 aliphatic rings. The molecule has 0 aromatic carbocycles. The molecule has 2 aromatic heterocycles. The number of nitrogens with zero attached hydrogens (tertiary/aromatic N) is 4. The quantitative estimate of drug-likeness (QED) is 0.540. The van der Waals surface area contributed by atoms with Gasteiger partial charge < -0.3 is 10.0 Å². The number of aliphatic carboxylic acids is 1. The van der Waals surface area contributed by atoms with Gasteiger partial charge in [-0.3, -0.25) is 23.7 Å². The molecule has 31 heavy (non-hydrogen) atoms. The summed E-state index contributed by atoms with van der Waals surface area (Å²) in [4.78, 5) is 45.7. The molecule has 2 aromatic rings. The lowest BCUT2D eigenvalue weighted by atomic mass is 10.1. The maximum absolute atomic E-state index is 13.4. The SMILES string of the molecule is Cc1cccn2c(=O)c(C=C3SC(=S)N(CCC(=O)O)C3=O)c(N3CCCCC3)nc12. The first-order valence-corrected chi connectivity index (χ1v) is 11.3. The average molecular weight is 459 g/mol. The minimum absolute atomic E-state index is 0.00443. The van der Waals surface area contributed by atoms with E-state index in [0.717, 1.165) is 49.7 Å². The molecule has 0 bridgehead atoms. The van der Waals surface area contributed by atoms with Crippen molar-refractivity contribution in [3.8, 4) is 0 Å². The van der Waals surface area contributed by atoms with Crippen LogP contribution < -0.4 is 10.5 Å². The van der Waals surface area contributed by atoms with Gasteiger partial charge in [-0.25, -0.2) is 4.98 Å². The van der Waals surface area contributed by atoms with Crippen molar-refractivity contribution in [3.63, 3.8) is 0 Å². The van der Waals surface area contributed by atoms with Crippen molar-refractivity contribution in [1.29, 1.82) is 0 Å². The van der Waals surface area contributed by atoms with E-state index in [2.05, 4.69) is 4.90 Å². The zero-order valence-corrected chi connectivity index (χ0v) is 18.7. The predicted molar refractivity (Wildman–Crippen MR) is 124 cm³/mol. The van der Waals surface area contributed by atoms with Crippen molar-refractivity contribution in [3.05, 3.63) is 44.7 Å². The Labute approximate surface area is 188 Å². The van der Waals surface area contributed by atoms with Gasteiger partial charge in [-0.05, 0) is 43.9 Å². The van der Waals surface area contributed by atoms with Crippen LogP contribution in [-0.2, 0) is 9.59 Å². The summed E-state index contributed by atoms with van der Waals surface area (Å²) in [5.74, 6) is -0.804. The minimum atomic E-state index is -1.00. The standard InChI is InChI=1S/C21H22N4O4S2/c1-13-6-5-10-24-17(13)22-18(23-8-3-2-4-9-23)14(19(24)28)12-15-20(29)25(21(30)31-15)11-7-16(26)27/h5-6,10,12H,2-4,7-9,11H2,1H3,(H,26,27). The van der Waals surface area contributed by atoms with Crippen LogP contribution in [0.25, 0.3) is 11.7 Å². The molecule has 2 fully saturated rings. The number of carbonyl (C=O) groups is 2. The number of carbonyl (C=O) groups excluding carboxylic acids is 1. The molecule has 0 atom stereocenters. The second kappa shape index (κ2) is 8.80. The summed E-state index contributed by atoms with van der Waals surface area (Å²) < 4.78 is 1.79. The van der Waals surface area contributed by atoms with Crippen LogP contribution in [0.5, 0.6) is 0 Å². The first kappa shape index (κ1) is 21.5. The molecular weight excluding hydrogens is 436 g/mol. The summed E-state index contributed by atoms with van der Waals surface area (Å²) in [6, 6.07) is 3.70. The number of thiocarbonyl (C=S) groups is 1. The molecule has 1 N–H and O–H groups in total. The normalized spacial score (nSPS) is 18.4. The van der Waals surface area contributed by atoms with E-state index in [0.29, 0.717) is 26.3 Å². The number of anilines is 1. The molecule has 8 nitrogen and oxygen atoms in total. The van der Waals surface area contributed by atoms with Crippen molar-refractivity contribution < 1.29 is 14.7 Å². The number of pyridine rings is 1. The molecule has 10 heteroatoms. The number of rotatable bonds is 5. The van der Waals surface area contributed by atoms with Crippen molar-refractivity contribution in [2.24, 2.45) is 0 Å². The summed E-state index contributed by atoms with van der Waals surface area (Å²) in [6.45, 7) is 3.52. The Morgan fingerprint density at radius 2 is 2.03 bits per heavy atom. The topological polar surface area (TPSA) is 95.2 Å². The molecule has 0 aliphatic carbocycles. The average Bonchev–Trinajstić information content (AvgIpc) is 3.02. The number of hydrogen-bond donors (Lipinski definition) is 1. The molecule has 0 radical (unpaired) electrons. The van der Waals surface area contributed by atoms with Gasteiger partial charge in [0.15, 0.2) is 0 Å². The first-order valence-electron chi connectivity index (χ1n) is 10.1. The van der Waals surface area contributed by atoms with Crippen molar-refractivity contribution in [2.45, 2.75) is 32.6 Å². The molecular formula is C21H22N4O4S2. The van der Waals surface area contributed by atoms with Crippen LogP contribution in [0.2, 0.25) is 0 Å². The van der Waals surface area contributed by atoms with Crippen molar-refractivity contribution >= 4 is 57.7 Å². The number of thioether (sulfide) groups is 1. The predicted octanol–water partition coefficient (Wildman–Crippen LogP) is 2.67. The number of aromatic nitrogens is 2. The van der Waals surface area contributed by atoms with Crippen molar-refractivity contribution in [1.82, 2.24) is 14.3 Å². The number of hydrogen-bond acceptors (Lipinski definition) is 7. The molecule has 162 valence electrons. The van der Waals surface area contributed by atoms with Crippen LogP contribution >= 0.6 is 24.0 Å². The third kappa shape index (κ3) is 4.22. The summed E-state index contributed by atoms with van der Waals surface area (Å²) in [6.07, 6.45) is 6.22. The number of fused-ring (bicyclic) bond motifs is 1. The van der Waals surface area contributed by atoms with E-state index in [1.54, 1.807) is 18.3 Å². The highest BCUT2D eigenvalue weighted by Crippen LogP contribution is 2.34. The highest BCUT2D eigenvalue weighted by atomic mass is 32.2. The van der Waals surface area contributed by atoms with Gasteiger partial charge in [-0.15, -0.1) is 0 Å². The van der Waals surface area contributed by atoms with Crippen LogP contribution in [-0.4, -0.2) is 55.2 Å². The van der Waals surface area contributed by atoms with Gasteiger partial charge in [-0.2, -0.15) is 0 Å². The molecule has 2 saturated heterocycles. The van der Waals surface area contributed by atoms with Gasteiger partial charge in [0.1, 0.15) is 15.8 Å². The fourth-order valence-corrected chi connectivity index (χ4v) is 5.10. The number of carboxylic acid groups (broad SMARTS) is 1. The Morgan fingerprint density at radius 1 is 1.29 bits per heavy atom. The summed E-state index contributed by atoms with van der Waals surface area (Å²) in [5, 5.41) is 8.93. The number of carboxylic acids is 1. The molecule has 1 amide bonds. The Hall–Kier alpha value is -2.72. The lowest BCUT2D eigenvalue weighted by molar-refractivity contribution is -0.137. The van der Waals surface area contributed by atoms with Crippen LogP contribution in [0.15, 0.2) is 28.0 Å². The Bertz CT molecular complexity index is 1170. The van der Waals surface area contributed by atoms with Crippen molar-refractivity contribution in [2.75, 3.05) is 24.5 Å². The lowest BCUT2D eigenvalue weighted by Gasteiger charge is -2.29. The van der Waals surface area contributed by atoms with E-state index in [4.69, 9.17) is 22.3 Å². The van der Waals surface area contributed by atoms with E-state index >= 15 is 0 Å². The fraction of sp³-hybridized carbons (Fsp3) is 0.381. The van der Waals surface area contributed by atoms with E-state index < -0.39 is 5.97 Å². The Kier molecular flexibility index (Phi) is 6.10. The van der Waals surface area contributed by atoms with Crippen LogP contribution in [0, 0.1) is 6.92 Å². The van der Waals surface area contributed by atoms with Gasteiger partial charge in [0.2, 0.25) is 0 Å². The molecule has 4 rings (SSSR count). The monoisotopic (exact) mass is 458 g/mol. The van der Waals surface area contributed by atoms with E-state index in [9.17, 15) is 14.4 Å². The molecule has 0 unspecified atom stereocenters. The maximum Gasteiger partial charge on any atom is 0.305 e. The van der Waals surface area contributed by atoms with Crippen LogP contribution in [0.3, 0.4) is 0 Å². The van der Waals surface area contributed by atoms with Crippen LogP contribution in [0.1, 0.15) is 36.8 Å². The third-order valence-electron chi connectivity index (χ3n) is 5.42. The molecule has 0 spiro atoms. The fourth-order valence-electron chi connectivity index (χ4n) is 3.80. The van der Waals surface area contributed by atoms with E-state index in [1.165, 1.54) is 9.30 Å². The number of piperidine rings is 1. The summed E-state index contributed by atoms with van der Waals surface area (Å²) in [7, 11) is 0. The van der Waals surface area contributed by atoms with E-state index in [1.807, 2.05) is 13.0 Å². The molecule has 0 saturated carbocycles. The zero-order chi connectivity index (χ0) is 22.1. The number of aryl methyl sites for hydroxylation is 1. The highest BCUT2D eigenvalue weighted by molar-refractivity contribution is 8.26. The summed E-state index contributed by atoms with van der Waals surface area (Å²) >= 11 is 6.36. The van der Waals surface area contributed by atoms with Gasteiger partial charge in [0.05, 0.1) is 16.9 Å². The van der Waals surface area contributed by atoms with E-state index in [-0.39, 0.29) is 24.4 Å². The minimum Gasteiger partial charge on any atom is -0.481 e. The second-order valence-electron chi connectivity index (χ2n) is 7.56.